The number of benzene rings is 2. The number of aryl methyl sites for hydroxylation is 1. The maximum atomic E-state index is 13.7. The molecule has 0 radical (unpaired) electrons. The third kappa shape index (κ3) is 3.93. The molecule has 2 aromatic rings. The molecule has 4 rings (SSSR count). The summed E-state index contributed by atoms with van der Waals surface area (Å²) in [5.41, 5.74) is -0.749. The van der Waals surface area contributed by atoms with Gasteiger partial charge in [0.25, 0.3) is 5.91 Å². The van der Waals surface area contributed by atoms with Crippen LogP contribution in [0.15, 0.2) is 35.2 Å². The van der Waals surface area contributed by atoms with E-state index in [1.165, 1.54) is 31.2 Å². The zero-order valence-corrected chi connectivity index (χ0v) is 19.2. The molecule has 172 valence electrons. The van der Waals surface area contributed by atoms with Crippen LogP contribution in [0.2, 0.25) is 5.02 Å². The van der Waals surface area contributed by atoms with Crippen LogP contribution >= 0.6 is 11.6 Å². The quantitative estimate of drug-likeness (QED) is 0.648. The highest BCUT2D eigenvalue weighted by molar-refractivity contribution is 7.92. The van der Waals surface area contributed by atoms with Gasteiger partial charge in [0.05, 0.1) is 20.8 Å². The molecular formula is C23H24ClF2NO4S. The highest BCUT2D eigenvalue weighted by Crippen LogP contribution is 2.51. The minimum Gasteiger partial charge on any atom is -0.390 e. The second-order valence-electron chi connectivity index (χ2n) is 9.02. The highest BCUT2D eigenvalue weighted by Gasteiger charge is 2.53. The fraction of sp³-hybridized carbons (Fsp3) is 0.435. The Balaban J connectivity index is 1.61. The summed E-state index contributed by atoms with van der Waals surface area (Å²) in [4.78, 5) is 12.5. The number of hydrogen-bond donors (Lipinski definition) is 2. The summed E-state index contributed by atoms with van der Waals surface area (Å²) in [6.45, 7) is 3.14. The van der Waals surface area contributed by atoms with Gasteiger partial charge in [0.15, 0.2) is 21.5 Å². The Morgan fingerprint density at radius 1 is 1.16 bits per heavy atom. The molecule has 2 fully saturated rings. The molecule has 2 aromatic carbocycles. The molecule has 0 aromatic heterocycles. The molecule has 2 bridgehead atoms. The van der Waals surface area contributed by atoms with Gasteiger partial charge >= 0.3 is 0 Å². The topological polar surface area (TPSA) is 83.5 Å². The Morgan fingerprint density at radius 2 is 1.78 bits per heavy atom. The summed E-state index contributed by atoms with van der Waals surface area (Å²) in [5, 5.41) is 12.5. The van der Waals surface area contributed by atoms with Gasteiger partial charge in [-0.2, -0.15) is 0 Å². The molecule has 2 unspecified atom stereocenters. The third-order valence-electron chi connectivity index (χ3n) is 7.02. The van der Waals surface area contributed by atoms with E-state index in [-0.39, 0.29) is 38.6 Å². The molecule has 0 spiro atoms. The van der Waals surface area contributed by atoms with Crippen LogP contribution in [0.3, 0.4) is 0 Å². The molecule has 2 N–H and O–H groups in total. The number of anilines is 1. The molecule has 9 heteroatoms. The van der Waals surface area contributed by atoms with Crippen LogP contribution < -0.4 is 5.32 Å². The minimum absolute atomic E-state index is 0.00917. The van der Waals surface area contributed by atoms with Crippen LogP contribution in [0.1, 0.15) is 48.5 Å². The van der Waals surface area contributed by atoms with Gasteiger partial charge in [0.1, 0.15) is 0 Å². The lowest BCUT2D eigenvalue weighted by molar-refractivity contribution is -0.0413. The van der Waals surface area contributed by atoms with Gasteiger partial charge in [0.2, 0.25) is 0 Å². The van der Waals surface area contributed by atoms with E-state index in [0.717, 1.165) is 18.9 Å². The molecule has 2 aliphatic carbocycles. The first kappa shape index (κ1) is 23.1. The number of aliphatic hydroxyl groups is 1. The normalized spacial score (nSPS) is 27.4. The SMILES string of the molecule is Cc1cc(NC(=O)c2ccc(Cl)c(S(=O)(=O)C3CC4CCC(C3)C4(C)O)c2)cc(F)c1F. The van der Waals surface area contributed by atoms with Gasteiger partial charge in [-0.1, -0.05) is 11.6 Å². The Hall–Kier alpha value is -2.03. The summed E-state index contributed by atoms with van der Waals surface area (Å²) in [6, 6.07) is 6.08. The van der Waals surface area contributed by atoms with Gasteiger partial charge < -0.3 is 10.4 Å². The van der Waals surface area contributed by atoms with E-state index in [1.54, 1.807) is 6.92 Å². The minimum atomic E-state index is -3.85. The van der Waals surface area contributed by atoms with Crippen molar-refractivity contribution in [3.63, 3.8) is 0 Å². The summed E-state index contributed by atoms with van der Waals surface area (Å²) in [5.74, 6) is -2.95. The van der Waals surface area contributed by atoms with Crippen molar-refractivity contribution in [1.82, 2.24) is 0 Å². The number of hydrogen-bond acceptors (Lipinski definition) is 4. The van der Waals surface area contributed by atoms with Crippen molar-refractivity contribution in [2.24, 2.45) is 11.8 Å². The second-order valence-corrected chi connectivity index (χ2v) is 11.6. The first-order valence-corrected chi connectivity index (χ1v) is 12.4. The molecule has 5 nitrogen and oxygen atoms in total. The van der Waals surface area contributed by atoms with Crippen LogP contribution in [0.25, 0.3) is 0 Å². The van der Waals surface area contributed by atoms with Crippen LogP contribution in [0.5, 0.6) is 0 Å². The van der Waals surface area contributed by atoms with E-state index in [9.17, 15) is 27.1 Å². The molecule has 0 saturated heterocycles. The second kappa shape index (κ2) is 8.08. The van der Waals surface area contributed by atoms with Crippen molar-refractivity contribution in [2.45, 2.75) is 55.3 Å². The monoisotopic (exact) mass is 483 g/mol. The molecule has 32 heavy (non-hydrogen) atoms. The Morgan fingerprint density at radius 3 is 2.38 bits per heavy atom. The van der Waals surface area contributed by atoms with Gasteiger partial charge in [-0.15, -0.1) is 0 Å². The van der Waals surface area contributed by atoms with E-state index in [0.29, 0.717) is 12.8 Å². The maximum absolute atomic E-state index is 13.7. The number of nitrogens with one attached hydrogen (secondary N) is 1. The maximum Gasteiger partial charge on any atom is 0.255 e. The van der Waals surface area contributed by atoms with Crippen molar-refractivity contribution >= 4 is 33.0 Å². The predicted octanol–water partition coefficient (Wildman–Crippen LogP) is 4.89. The van der Waals surface area contributed by atoms with E-state index >= 15 is 0 Å². The molecule has 1 amide bonds. The standard InChI is InChI=1S/C23H24ClF2NO4S/c1-12-7-16(11-19(25)21(12)26)27-22(28)13-3-6-18(24)20(8-13)32(30,31)17-9-14-4-5-15(10-17)23(14,2)29/h3,6-8,11,14-15,17,29H,4-5,9-10H2,1-2H3,(H,27,28). The first-order valence-electron chi connectivity index (χ1n) is 10.4. The van der Waals surface area contributed by atoms with Crippen LogP contribution in [-0.4, -0.2) is 30.3 Å². The smallest absolute Gasteiger partial charge is 0.255 e. The number of sulfone groups is 1. The van der Waals surface area contributed by atoms with Crippen molar-refractivity contribution in [3.8, 4) is 0 Å². The lowest BCUT2D eigenvalue weighted by Crippen LogP contribution is -2.45. The van der Waals surface area contributed by atoms with E-state index in [2.05, 4.69) is 5.32 Å². The molecule has 2 atom stereocenters. The number of rotatable bonds is 4. The number of fused-ring (bicyclic) bond motifs is 2. The van der Waals surface area contributed by atoms with Gasteiger partial charge in [-0.25, -0.2) is 17.2 Å². The fourth-order valence-electron chi connectivity index (χ4n) is 5.06. The fourth-order valence-corrected chi connectivity index (χ4v) is 7.46. The van der Waals surface area contributed by atoms with Crippen molar-refractivity contribution in [3.05, 3.63) is 58.1 Å². The van der Waals surface area contributed by atoms with Crippen molar-refractivity contribution in [1.29, 1.82) is 0 Å². The molecule has 2 saturated carbocycles. The zero-order valence-electron chi connectivity index (χ0n) is 17.7. The Kier molecular flexibility index (Phi) is 5.84. The zero-order chi connectivity index (χ0) is 23.4. The third-order valence-corrected chi connectivity index (χ3v) is 9.67. The molecule has 2 aliphatic rings. The first-order chi connectivity index (χ1) is 14.9. The lowest BCUT2D eigenvalue weighted by atomic mass is 9.76. The number of amides is 1. The number of carbonyl (C=O) groups is 1. The average Bonchev–Trinajstić information content (AvgIpc) is 2.88. The number of carbonyl (C=O) groups excluding carboxylic acids is 1. The van der Waals surface area contributed by atoms with E-state index in [1.807, 2.05) is 0 Å². The molecule has 0 aliphatic heterocycles. The summed E-state index contributed by atoms with van der Waals surface area (Å²) >= 11 is 6.22. The molecular weight excluding hydrogens is 460 g/mol. The Labute approximate surface area is 190 Å². The lowest BCUT2D eigenvalue weighted by Gasteiger charge is -2.40. The van der Waals surface area contributed by atoms with Gasteiger partial charge in [0, 0.05) is 17.3 Å². The summed E-state index contributed by atoms with van der Waals surface area (Å²) in [7, 11) is -3.85. The summed E-state index contributed by atoms with van der Waals surface area (Å²) in [6.07, 6.45) is 2.25. The van der Waals surface area contributed by atoms with Crippen molar-refractivity contribution < 1.29 is 27.1 Å². The van der Waals surface area contributed by atoms with Gasteiger partial charge in [-0.3, -0.25) is 4.79 Å². The van der Waals surface area contributed by atoms with Crippen molar-refractivity contribution in [2.75, 3.05) is 5.32 Å². The predicted molar refractivity (Wildman–Crippen MR) is 118 cm³/mol. The van der Waals surface area contributed by atoms with E-state index < -0.39 is 38.2 Å². The van der Waals surface area contributed by atoms with Crippen LogP contribution in [-0.2, 0) is 9.84 Å². The van der Waals surface area contributed by atoms with Crippen LogP contribution in [0, 0.1) is 30.4 Å². The van der Waals surface area contributed by atoms with Gasteiger partial charge in [-0.05, 0) is 81.2 Å². The summed E-state index contributed by atoms with van der Waals surface area (Å²) < 4.78 is 54.0. The highest BCUT2D eigenvalue weighted by atomic mass is 35.5. The van der Waals surface area contributed by atoms with Crippen LogP contribution in [0.4, 0.5) is 14.5 Å². The average molecular weight is 484 g/mol. The molecule has 0 heterocycles. The van der Waals surface area contributed by atoms with E-state index in [4.69, 9.17) is 11.6 Å². The number of halogens is 3. The Bertz CT molecular complexity index is 1160. The largest absolute Gasteiger partial charge is 0.390 e.